The maximum absolute atomic E-state index is 10.8. The number of anilines is 1. The summed E-state index contributed by atoms with van der Waals surface area (Å²) in [5, 5.41) is 11.4. The normalized spacial score (nSPS) is 10.5. The van der Waals surface area contributed by atoms with Gasteiger partial charge in [-0.25, -0.2) is 0 Å². The van der Waals surface area contributed by atoms with Crippen molar-refractivity contribution < 1.29 is 9.66 Å². The van der Waals surface area contributed by atoms with E-state index < -0.39 is 0 Å². The maximum atomic E-state index is 10.8. The van der Waals surface area contributed by atoms with Crippen molar-refractivity contribution in [2.75, 3.05) is 31.2 Å². The number of nitro groups is 1. The zero-order valence-electron chi connectivity index (χ0n) is 11.3. The molecule has 0 N–H and O–H groups in total. The maximum Gasteiger partial charge on any atom is 0.269 e. The van der Waals surface area contributed by atoms with Gasteiger partial charge in [0.1, 0.15) is 0 Å². The van der Waals surface area contributed by atoms with Crippen molar-refractivity contribution in [1.82, 2.24) is 0 Å². The van der Waals surface area contributed by atoms with Crippen molar-refractivity contribution in [3.05, 3.63) is 33.9 Å². The SMILES string of the molecule is CCOCCN(CC)c1ccc([N+](=O)[O-])cc1CBr. The van der Waals surface area contributed by atoms with Crippen molar-refractivity contribution in [2.45, 2.75) is 19.2 Å². The molecule has 0 saturated carbocycles. The lowest BCUT2D eigenvalue weighted by molar-refractivity contribution is -0.384. The minimum absolute atomic E-state index is 0.124. The lowest BCUT2D eigenvalue weighted by Crippen LogP contribution is -2.28. The third-order valence-electron chi connectivity index (χ3n) is 2.85. The van der Waals surface area contributed by atoms with Crippen LogP contribution in [-0.4, -0.2) is 31.2 Å². The molecular weight excluding hydrogens is 312 g/mol. The predicted octanol–water partition coefficient (Wildman–Crippen LogP) is 3.35. The Kier molecular flexibility index (Phi) is 6.80. The predicted molar refractivity (Wildman–Crippen MR) is 80.1 cm³/mol. The number of halogens is 1. The molecule has 0 amide bonds. The number of hydrogen-bond acceptors (Lipinski definition) is 4. The number of benzene rings is 1. The molecule has 0 aliphatic rings. The molecule has 0 aliphatic carbocycles. The largest absolute Gasteiger partial charge is 0.380 e. The van der Waals surface area contributed by atoms with Gasteiger partial charge in [-0.3, -0.25) is 10.1 Å². The number of likely N-dealkylation sites (N-methyl/N-ethyl adjacent to an activating group) is 1. The Labute approximate surface area is 121 Å². The first-order valence-electron chi connectivity index (χ1n) is 6.30. The van der Waals surface area contributed by atoms with Crippen LogP contribution in [0.2, 0.25) is 0 Å². The third-order valence-corrected chi connectivity index (χ3v) is 3.45. The Balaban J connectivity index is 2.93. The van der Waals surface area contributed by atoms with E-state index in [0.717, 1.165) is 24.3 Å². The van der Waals surface area contributed by atoms with Gasteiger partial charge in [0.05, 0.1) is 11.5 Å². The van der Waals surface area contributed by atoms with Crippen LogP contribution in [0.5, 0.6) is 0 Å². The zero-order chi connectivity index (χ0) is 14.3. The van der Waals surface area contributed by atoms with Gasteiger partial charge >= 0.3 is 0 Å². The minimum Gasteiger partial charge on any atom is -0.380 e. The van der Waals surface area contributed by atoms with Gasteiger partial charge in [0.15, 0.2) is 0 Å². The highest BCUT2D eigenvalue weighted by molar-refractivity contribution is 9.08. The molecule has 0 aliphatic heterocycles. The van der Waals surface area contributed by atoms with Crippen LogP contribution in [-0.2, 0) is 10.1 Å². The number of nitro benzene ring substituents is 1. The molecule has 0 unspecified atom stereocenters. The van der Waals surface area contributed by atoms with E-state index in [4.69, 9.17) is 4.74 Å². The number of hydrogen-bond donors (Lipinski definition) is 0. The van der Waals surface area contributed by atoms with E-state index in [1.165, 1.54) is 0 Å². The second-order valence-corrected chi connectivity index (χ2v) is 4.54. The molecule has 1 aromatic carbocycles. The summed E-state index contributed by atoms with van der Waals surface area (Å²) in [7, 11) is 0. The van der Waals surface area contributed by atoms with Gasteiger partial charge in [0.25, 0.3) is 5.69 Å². The summed E-state index contributed by atoms with van der Waals surface area (Å²) in [6, 6.07) is 4.97. The van der Waals surface area contributed by atoms with Gasteiger partial charge in [-0.15, -0.1) is 0 Å². The standard InChI is InChI=1S/C13H19BrN2O3/c1-3-15(7-8-19-4-2)13-6-5-12(16(17)18)9-11(13)10-14/h5-6,9H,3-4,7-8,10H2,1-2H3. The topological polar surface area (TPSA) is 55.6 Å². The highest BCUT2D eigenvalue weighted by Gasteiger charge is 2.14. The fourth-order valence-electron chi connectivity index (χ4n) is 1.87. The smallest absolute Gasteiger partial charge is 0.269 e. The highest BCUT2D eigenvalue weighted by Crippen LogP contribution is 2.27. The molecule has 1 aromatic rings. The summed E-state index contributed by atoms with van der Waals surface area (Å²) < 4.78 is 5.36. The molecule has 0 saturated heterocycles. The average molecular weight is 331 g/mol. The van der Waals surface area contributed by atoms with Crippen LogP contribution < -0.4 is 4.90 Å². The summed E-state index contributed by atoms with van der Waals surface area (Å²) in [5.41, 5.74) is 2.07. The Morgan fingerprint density at radius 1 is 1.42 bits per heavy atom. The molecule has 0 heterocycles. The molecular formula is C13H19BrN2O3. The van der Waals surface area contributed by atoms with Crippen LogP contribution >= 0.6 is 15.9 Å². The summed E-state index contributed by atoms with van der Waals surface area (Å²) in [6.45, 7) is 7.00. The van der Waals surface area contributed by atoms with Crippen molar-refractivity contribution in [3.63, 3.8) is 0 Å². The first-order chi connectivity index (χ1) is 9.13. The molecule has 0 spiro atoms. The number of nitrogens with zero attached hydrogens (tertiary/aromatic N) is 2. The Morgan fingerprint density at radius 2 is 2.16 bits per heavy atom. The van der Waals surface area contributed by atoms with E-state index >= 15 is 0 Å². The van der Waals surface area contributed by atoms with E-state index in [2.05, 4.69) is 27.8 Å². The van der Waals surface area contributed by atoms with E-state index in [0.29, 0.717) is 18.5 Å². The number of rotatable bonds is 8. The Morgan fingerprint density at radius 3 is 2.68 bits per heavy atom. The van der Waals surface area contributed by atoms with Crippen molar-refractivity contribution in [1.29, 1.82) is 0 Å². The van der Waals surface area contributed by atoms with Crippen LogP contribution in [0.15, 0.2) is 18.2 Å². The molecule has 19 heavy (non-hydrogen) atoms. The summed E-state index contributed by atoms with van der Waals surface area (Å²) in [4.78, 5) is 12.6. The van der Waals surface area contributed by atoms with Gasteiger partial charge in [-0.1, -0.05) is 15.9 Å². The van der Waals surface area contributed by atoms with Crippen LogP contribution in [0.1, 0.15) is 19.4 Å². The van der Waals surface area contributed by atoms with Gasteiger partial charge in [0.2, 0.25) is 0 Å². The fourth-order valence-corrected chi connectivity index (χ4v) is 2.32. The summed E-state index contributed by atoms with van der Waals surface area (Å²) >= 11 is 3.39. The lowest BCUT2D eigenvalue weighted by Gasteiger charge is -2.25. The first kappa shape index (κ1) is 15.9. The number of ether oxygens (including phenoxy) is 1. The van der Waals surface area contributed by atoms with Crippen LogP contribution in [0.3, 0.4) is 0 Å². The number of non-ortho nitro benzene ring substituents is 1. The van der Waals surface area contributed by atoms with Crippen LogP contribution in [0, 0.1) is 10.1 Å². The van der Waals surface area contributed by atoms with E-state index in [-0.39, 0.29) is 10.6 Å². The average Bonchev–Trinajstić information content (AvgIpc) is 2.43. The van der Waals surface area contributed by atoms with Crippen LogP contribution in [0.25, 0.3) is 0 Å². The minimum atomic E-state index is -0.369. The van der Waals surface area contributed by atoms with Crippen molar-refractivity contribution >= 4 is 27.3 Å². The van der Waals surface area contributed by atoms with E-state index in [9.17, 15) is 10.1 Å². The lowest BCUT2D eigenvalue weighted by atomic mass is 10.1. The molecule has 1 rings (SSSR count). The van der Waals surface area contributed by atoms with Gasteiger partial charge in [0, 0.05) is 42.8 Å². The molecule has 0 aromatic heterocycles. The summed E-state index contributed by atoms with van der Waals surface area (Å²) in [6.07, 6.45) is 0. The highest BCUT2D eigenvalue weighted by atomic mass is 79.9. The van der Waals surface area contributed by atoms with Gasteiger partial charge in [-0.05, 0) is 25.5 Å². The van der Waals surface area contributed by atoms with Crippen molar-refractivity contribution in [3.8, 4) is 0 Å². The van der Waals surface area contributed by atoms with E-state index in [1.807, 2.05) is 13.0 Å². The molecule has 0 bridgehead atoms. The summed E-state index contributed by atoms with van der Waals surface area (Å²) in [5.74, 6) is 0. The van der Waals surface area contributed by atoms with Gasteiger partial charge < -0.3 is 9.64 Å². The molecule has 106 valence electrons. The molecule has 0 fully saturated rings. The van der Waals surface area contributed by atoms with Crippen molar-refractivity contribution in [2.24, 2.45) is 0 Å². The Hall–Kier alpha value is -1.14. The third kappa shape index (κ3) is 4.47. The van der Waals surface area contributed by atoms with Crippen LogP contribution in [0.4, 0.5) is 11.4 Å². The van der Waals surface area contributed by atoms with Gasteiger partial charge in [-0.2, -0.15) is 0 Å². The molecule has 0 radical (unpaired) electrons. The fraction of sp³-hybridized carbons (Fsp3) is 0.538. The monoisotopic (exact) mass is 330 g/mol. The first-order valence-corrected chi connectivity index (χ1v) is 7.42. The molecule has 0 atom stereocenters. The quantitative estimate of drug-likeness (QED) is 0.317. The Bertz CT molecular complexity index is 426. The zero-order valence-corrected chi connectivity index (χ0v) is 12.9. The number of alkyl halides is 1. The second kappa shape index (κ2) is 8.12. The second-order valence-electron chi connectivity index (χ2n) is 3.98. The molecule has 5 nitrogen and oxygen atoms in total. The molecule has 6 heteroatoms. The van der Waals surface area contributed by atoms with E-state index in [1.54, 1.807) is 12.1 Å².